The van der Waals surface area contributed by atoms with Crippen molar-refractivity contribution in [3.05, 3.63) is 70.9 Å². The summed E-state index contributed by atoms with van der Waals surface area (Å²) in [4.78, 5) is 0. The van der Waals surface area contributed by atoms with Gasteiger partial charge in [0.2, 0.25) is 8.07 Å². The largest absolute Gasteiger partial charge is 0.207 e. The lowest BCUT2D eigenvalue weighted by atomic mass is 10.2. The zero-order valence-corrected chi connectivity index (χ0v) is 21.7. The van der Waals surface area contributed by atoms with Crippen LogP contribution in [0.4, 0.5) is 0 Å². The summed E-state index contributed by atoms with van der Waals surface area (Å²) in [6, 6.07) is 21.0. The Morgan fingerprint density at radius 3 is 1.66 bits per heavy atom. The number of rotatable bonds is 6. The number of halogens is 1. The van der Waals surface area contributed by atoms with Crippen LogP contribution < -0.4 is 5.19 Å². The predicted molar refractivity (Wildman–Crippen MR) is 137 cm³/mol. The van der Waals surface area contributed by atoms with Gasteiger partial charge >= 0.3 is 0 Å². The second kappa shape index (κ2) is 9.98. The Balaban J connectivity index is 2.68. The van der Waals surface area contributed by atoms with Crippen molar-refractivity contribution in [1.29, 1.82) is 0 Å². The van der Waals surface area contributed by atoms with Gasteiger partial charge in [-0.3, -0.25) is 0 Å². The summed E-state index contributed by atoms with van der Waals surface area (Å²) in [7, 11) is -4.18. The van der Waals surface area contributed by atoms with E-state index in [1.165, 1.54) is 5.19 Å². The molecule has 29 heavy (non-hydrogen) atoms. The first-order valence-corrected chi connectivity index (χ1v) is 15.8. The van der Waals surface area contributed by atoms with E-state index >= 15 is 0 Å². The fraction of sp³-hybridized carbons (Fsp3) is 0.385. The molecule has 0 saturated carbocycles. The van der Waals surface area contributed by atoms with Crippen molar-refractivity contribution in [1.82, 2.24) is 0 Å². The van der Waals surface area contributed by atoms with Crippen molar-refractivity contribution >= 4 is 39.0 Å². The van der Waals surface area contributed by atoms with E-state index < -0.39 is 16.1 Å². The minimum Gasteiger partial charge on any atom is -0.136 e. The van der Waals surface area contributed by atoms with E-state index in [0.29, 0.717) is 16.6 Å². The van der Waals surface area contributed by atoms with Gasteiger partial charge in [-0.15, -0.1) is 11.1 Å². The second-order valence-electron chi connectivity index (χ2n) is 9.04. The van der Waals surface area contributed by atoms with Gasteiger partial charge in [0, 0.05) is 4.66 Å². The maximum Gasteiger partial charge on any atom is 0.207 e. The summed E-state index contributed by atoms with van der Waals surface area (Å²) in [6.45, 7) is 16.5. The van der Waals surface area contributed by atoms with Gasteiger partial charge in [-0.25, -0.2) is 0 Å². The lowest BCUT2D eigenvalue weighted by Crippen LogP contribution is -2.48. The first kappa shape index (κ1) is 23.7. The highest BCUT2D eigenvalue weighted by Crippen LogP contribution is 2.41. The van der Waals surface area contributed by atoms with E-state index in [1.807, 2.05) is 6.07 Å². The third kappa shape index (κ3) is 5.15. The molecule has 2 aromatic rings. The van der Waals surface area contributed by atoms with Crippen LogP contribution >= 0.6 is 11.6 Å². The lowest BCUT2D eigenvalue weighted by Gasteiger charge is -2.38. The second-order valence-corrected chi connectivity index (χ2v) is 19.0. The molecule has 0 aliphatic heterocycles. The molecular formula is C26H35ClSi2. The third-order valence-electron chi connectivity index (χ3n) is 6.32. The highest BCUT2D eigenvalue weighted by molar-refractivity contribution is 7.09. The summed E-state index contributed by atoms with van der Waals surface area (Å²) in [5, 5.41) is 1.28. The van der Waals surface area contributed by atoms with Crippen LogP contribution in [0, 0.1) is 11.1 Å². The smallest absolute Gasteiger partial charge is 0.136 e. The maximum atomic E-state index is 7.06. The van der Waals surface area contributed by atoms with Crippen molar-refractivity contribution in [3.63, 3.8) is 0 Å². The molecule has 0 aliphatic carbocycles. The molecular weight excluding hydrogens is 404 g/mol. The van der Waals surface area contributed by atoms with Crippen LogP contribution in [0.2, 0.25) is 23.2 Å². The van der Waals surface area contributed by atoms with Gasteiger partial charge in [0.25, 0.3) is 0 Å². The molecule has 0 spiro atoms. The van der Waals surface area contributed by atoms with E-state index in [4.69, 9.17) is 11.6 Å². The molecule has 2 rings (SSSR count). The van der Waals surface area contributed by atoms with Gasteiger partial charge in [0.15, 0.2) is 0 Å². The fourth-order valence-electron chi connectivity index (χ4n) is 4.55. The van der Waals surface area contributed by atoms with Crippen molar-refractivity contribution in [3.8, 4) is 11.1 Å². The number of hydrogen-bond donors (Lipinski definition) is 0. The Labute approximate surface area is 185 Å². The van der Waals surface area contributed by atoms with Crippen LogP contribution in [0.3, 0.4) is 0 Å². The minimum absolute atomic E-state index is 0.612. The summed E-state index contributed by atoms with van der Waals surface area (Å²) in [6.07, 6.45) is 2.12. The highest BCUT2D eigenvalue weighted by atomic mass is 35.5. The normalized spacial score (nSPS) is 14.7. The SMILES string of the molecule is CC(C)[Si](C#C[Si](C)(/C(Cl)=C\c1ccccc1)c1ccccc1)(C(C)C)C(C)C. The van der Waals surface area contributed by atoms with Crippen molar-refractivity contribution in [2.24, 2.45) is 0 Å². The molecule has 0 saturated heterocycles. The van der Waals surface area contributed by atoms with Gasteiger partial charge in [-0.2, -0.15) is 0 Å². The maximum absolute atomic E-state index is 7.06. The molecule has 0 aromatic heterocycles. The standard InChI is InChI=1S/C26H35ClSi2/c1-21(2)29(22(3)4,23(5)6)19-18-28(7,25-16-12-9-13-17-25)26(27)20-24-14-10-8-11-15-24/h8-17,20-23H,1-7H3/b26-20-. The molecule has 0 aliphatic rings. The van der Waals surface area contributed by atoms with E-state index in [0.717, 1.165) is 10.2 Å². The minimum atomic E-state index is -2.36. The summed E-state index contributed by atoms with van der Waals surface area (Å²) in [5.41, 5.74) is 10.8. The topological polar surface area (TPSA) is 0 Å². The molecule has 1 unspecified atom stereocenters. The van der Waals surface area contributed by atoms with Crippen molar-refractivity contribution in [2.75, 3.05) is 0 Å². The summed E-state index contributed by atoms with van der Waals surface area (Å²) >= 11 is 7.06. The Hall–Kier alpha value is -1.54. The van der Waals surface area contributed by atoms with Crippen LogP contribution in [-0.4, -0.2) is 16.1 Å². The van der Waals surface area contributed by atoms with Crippen LogP contribution in [0.15, 0.2) is 65.3 Å². The van der Waals surface area contributed by atoms with Gasteiger partial charge in [-0.1, -0.05) is 114 Å². The van der Waals surface area contributed by atoms with Crippen molar-refractivity contribution in [2.45, 2.75) is 64.7 Å². The Bertz CT molecular complexity index is 851. The summed E-state index contributed by atoms with van der Waals surface area (Å²) in [5.74, 6) is 0. The average molecular weight is 439 g/mol. The first-order valence-electron chi connectivity index (χ1n) is 10.7. The lowest BCUT2D eigenvalue weighted by molar-refractivity contribution is 0.838. The van der Waals surface area contributed by atoms with Gasteiger partial charge in [-0.05, 0) is 40.0 Å². The molecule has 0 bridgehead atoms. The molecule has 0 amide bonds. The van der Waals surface area contributed by atoms with Crippen LogP contribution in [0.5, 0.6) is 0 Å². The van der Waals surface area contributed by atoms with Gasteiger partial charge < -0.3 is 0 Å². The monoisotopic (exact) mass is 438 g/mol. The molecule has 154 valence electrons. The molecule has 1 atom stereocenters. The van der Waals surface area contributed by atoms with Gasteiger partial charge in [0.05, 0.1) is 0 Å². The van der Waals surface area contributed by atoms with Crippen LogP contribution in [0.25, 0.3) is 6.08 Å². The van der Waals surface area contributed by atoms with Gasteiger partial charge in [0.1, 0.15) is 8.07 Å². The average Bonchev–Trinajstić information content (AvgIpc) is 2.68. The van der Waals surface area contributed by atoms with Crippen LogP contribution in [0.1, 0.15) is 47.1 Å². The molecule has 2 aromatic carbocycles. The Kier molecular flexibility index (Phi) is 8.17. The highest BCUT2D eigenvalue weighted by Gasteiger charge is 2.42. The Morgan fingerprint density at radius 1 is 0.759 bits per heavy atom. The van der Waals surface area contributed by atoms with Crippen LogP contribution in [-0.2, 0) is 0 Å². The molecule has 3 heteroatoms. The quantitative estimate of drug-likeness (QED) is 0.322. The van der Waals surface area contributed by atoms with E-state index in [9.17, 15) is 0 Å². The first-order chi connectivity index (χ1) is 13.6. The Morgan fingerprint density at radius 2 is 1.21 bits per heavy atom. The molecule has 0 heterocycles. The van der Waals surface area contributed by atoms with E-state index in [-0.39, 0.29) is 0 Å². The predicted octanol–water partition coefficient (Wildman–Crippen LogP) is 7.55. The van der Waals surface area contributed by atoms with Crippen molar-refractivity contribution < 1.29 is 0 Å². The zero-order chi connectivity index (χ0) is 21.7. The molecule has 0 radical (unpaired) electrons. The fourth-order valence-corrected chi connectivity index (χ4v) is 13.7. The molecule has 0 N–H and O–H groups in total. The summed E-state index contributed by atoms with van der Waals surface area (Å²) < 4.78 is 0.904. The third-order valence-corrected chi connectivity index (χ3v) is 17.3. The van der Waals surface area contributed by atoms with E-state index in [1.54, 1.807) is 0 Å². The number of hydrogen-bond acceptors (Lipinski definition) is 0. The number of benzene rings is 2. The molecule has 0 fully saturated rings. The molecule has 0 nitrogen and oxygen atoms in total. The zero-order valence-electron chi connectivity index (χ0n) is 19.0. The van der Waals surface area contributed by atoms with E-state index in [2.05, 4.69) is 120 Å².